The van der Waals surface area contributed by atoms with E-state index in [2.05, 4.69) is 140 Å². The zero-order chi connectivity index (χ0) is 30.2. The maximum atomic E-state index is 4.96. The van der Waals surface area contributed by atoms with Gasteiger partial charge in [-0.3, -0.25) is 0 Å². The average molecular weight is 589 g/mol. The van der Waals surface area contributed by atoms with Crippen LogP contribution in [0.15, 0.2) is 146 Å². The van der Waals surface area contributed by atoms with Crippen LogP contribution in [0, 0.1) is 0 Å². The van der Waals surface area contributed by atoms with E-state index in [0.29, 0.717) is 0 Å². The van der Waals surface area contributed by atoms with E-state index in [1.165, 1.54) is 0 Å². The fraction of sp³-hybridized carbons (Fsp3) is 0. The van der Waals surface area contributed by atoms with Gasteiger partial charge in [-0.05, 0) is 83.9 Å². The van der Waals surface area contributed by atoms with Gasteiger partial charge in [0.1, 0.15) is 0 Å². The molecule has 0 unspecified atom stereocenters. The summed E-state index contributed by atoms with van der Waals surface area (Å²) in [6.07, 6.45) is 3.59. The highest BCUT2D eigenvalue weighted by molar-refractivity contribution is 6.11. The molecule has 0 fully saturated rings. The van der Waals surface area contributed by atoms with Gasteiger partial charge in [0.05, 0.1) is 33.1 Å². The fourth-order valence-corrected chi connectivity index (χ4v) is 6.89. The minimum absolute atomic E-state index is 0.763. The molecule has 0 spiro atoms. The van der Waals surface area contributed by atoms with Gasteiger partial charge >= 0.3 is 0 Å². The first kappa shape index (κ1) is 25.0. The van der Waals surface area contributed by atoms with Gasteiger partial charge in [-0.1, -0.05) is 60.7 Å². The van der Waals surface area contributed by atoms with Crippen LogP contribution in [0.4, 0.5) is 0 Å². The van der Waals surface area contributed by atoms with Crippen molar-refractivity contribution in [3.05, 3.63) is 146 Å². The Morgan fingerprint density at radius 1 is 0.391 bits per heavy atom. The van der Waals surface area contributed by atoms with E-state index < -0.39 is 0 Å². The molecule has 4 aromatic carbocycles. The molecule has 0 radical (unpaired) electrons. The minimum Gasteiger partial charge on any atom is -0.308 e. The van der Waals surface area contributed by atoms with E-state index in [1.807, 2.05) is 12.1 Å². The number of hydrogen-bond acceptors (Lipinski definition) is 4. The second-order valence-electron chi connectivity index (χ2n) is 11.6. The lowest BCUT2D eigenvalue weighted by Gasteiger charge is -2.11. The number of benzene rings is 4. The molecule has 0 amide bonds. The first-order valence-electron chi connectivity index (χ1n) is 15.3. The molecule has 0 aliphatic heterocycles. The maximum absolute atomic E-state index is 4.96. The molecule has 6 aromatic heterocycles. The summed E-state index contributed by atoms with van der Waals surface area (Å²) < 4.78 is 4.60. The van der Waals surface area contributed by atoms with Crippen LogP contribution in [0.1, 0.15) is 0 Å². The SMILES string of the molecule is c1cnc2nc3c4ccccc4n(-c4ccc(-c5ccc(-n6c7ccccc7c7nc8ncccc8cc76)cc5)cc4)c3cc2c1. The van der Waals surface area contributed by atoms with Gasteiger partial charge in [-0.2, -0.15) is 0 Å². The lowest BCUT2D eigenvalue weighted by atomic mass is 10.0. The fourth-order valence-electron chi connectivity index (χ4n) is 6.89. The highest BCUT2D eigenvalue weighted by Crippen LogP contribution is 2.35. The molecule has 6 heteroatoms. The van der Waals surface area contributed by atoms with Gasteiger partial charge in [0, 0.05) is 45.3 Å². The normalized spacial score (nSPS) is 11.9. The van der Waals surface area contributed by atoms with Gasteiger partial charge in [-0.25, -0.2) is 19.9 Å². The van der Waals surface area contributed by atoms with Gasteiger partial charge in [0.2, 0.25) is 0 Å². The van der Waals surface area contributed by atoms with Crippen molar-refractivity contribution in [2.45, 2.75) is 0 Å². The summed E-state index contributed by atoms with van der Waals surface area (Å²) in [4.78, 5) is 18.9. The van der Waals surface area contributed by atoms with Crippen LogP contribution in [0.3, 0.4) is 0 Å². The Hall–Kier alpha value is -6.40. The molecular formula is C40H24N6. The Labute approximate surface area is 262 Å². The van der Waals surface area contributed by atoms with E-state index in [-0.39, 0.29) is 0 Å². The van der Waals surface area contributed by atoms with Crippen LogP contribution in [0.5, 0.6) is 0 Å². The zero-order valence-electron chi connectivity index (χ0n) is 24.5. The van der Waals surface area contributed by atoms with Crippen LogP contribution >= 0.6 is 0 Å². The number of fused-ring (bicyclic) bond motifs is 8. The monoisotopic (exact) mass is 588 g/mol. The predicted octanol–water partition coefficient (Wildman–Crippen LogP) is 9.43. The first-order valence-corrected chi connectivity index (χ1v) is 15.3. The summed E-state index contributed by atoms with van der Waals surface area (Å²) in [7, 11) is 0. The lowest BCUT2D eigenvalue weighted by molar-refractivity contribution is 1.17. The maximum Gasteiger partial charge on any atom is 0.159 e. The third kappa shape index (κ3) is 3.64. The van der Waals surface area contributed by atoms with Crippen molar-refractivity contribution < 1.29 is 0 Å². The first-order chi connectivity index (χ1) is 22.8. The van der Waals surface area contributed by atoms with E-state index in [9.17, 15) is 0 Å². The molecule has 0 saturated carbocycles. The number of pyridine rings is 4. The van der Waals surface area contributed by atoms with Crippen molar-refractivity contribution in [3.63, 3.8) is 0 Å². The van der Waals surface area contributed by atoms with Crippen molar-refractivity contribution in [1.82, 2.24) is 29.1 Å². The molecule has 0 aliphatic rings. The van der Waals surface area contributed by atoms with Crippen molar-refractivity contribution in [2.75, 3.05) is 0 Å². The molecule has 46 heavy (non-hydrogen) atoms. The quantitative estimate of drug-likeness (QED) is 0.206. The molecule has 0 N–H and O–H groups in total. The van der Waals surface area contributed by atoms with Crippen molar-refractivity contribution in [2.24, 2.45) is 0 Å². The largest absolute Gasteiger partial charge is 0.308 e. The third-order valence-electron chi connectivity index (χ3n) is 9.01. The van der Waals surface area contributed by atoms with E-state index in [1.54, 1.807) is 12.4 Å². The van der Waals surface area contributed by atoms with Crippen LogP contribution in [-0.4, -0.2) is 29.1 Å². The van der Waals surface area contributed by atoms with Crippen molar-refractivity contribution in [1.29, 1.82) is 0 Å². The average Bonchev–Trinajstić information content (AvgIpc) is 3.61. The molecule has 0 bridgehead atoms. The lowest BCUT2D eigenvalue weighted by Crippen LogP contribution is -1.95. The summed E-state index contributed by atoms with van der Waals surface area (Å²) >= 11 is 0. The smallest absolute Gasteiger partial charge is 0.159 e. The van der Waals surface area contributed by atoms with E-state index in [4.69, 9.17) is 9.97 Å². The molecule has 10 aromatic rings. The summed E-state index contributed by atoms with van der Waals surface area (Å²) in [5.41, 5.74) is 12.4. The van der Waals surface area contributed by atoms with E-state index >= 15 is 0 Å². The highest BCUT2D eigenvalue weighted by Gasteiger charge is 2.16. The molecule has 0 aliphatic carbocycles. The molecule has 0 atom stereocenters. The number of hydrogen-bond donors (Lipinski definition) is 0. The molecule has 0 saturated heterocycles. The Balaban J connectivity index is 1.07. The second kappa shape index (κ2) is 9.55. The van der Waals surface area contributed by atoms with Gasteiger partial charge in [-0.15, -0.1) is 0 Å². The topological polar surface area (TPSA) is 61.4 Å². The second-order valence-corrected chi connectivity index (χ2v) is 11.6. The standard InChI is InChI=1S/C40H24N6/c1-3-11-33-31(9-1)37-35(23-27-7-5-21-41-39(27)43-37)45(33)29-17-13-25(14-18-29)26-15-19-30(20-16-26)46-34-12-4-2-10-32(34)38-36(46)24-28-8-6-22-42-40(28)44-38/h1-24H. The number of nitrogens with zero attached hydrogens (tertiary/aromatic N) is 6. The predicted molar refractivity (Wildman–Crippen MR) is 187 cm³/mol. The molecule has 6 heterocycles. The summed E-state index contributed by atoms with van der Waals surface area (Å²) in [5.74, 6) is 0. The number of aromatic nitrogens is 6. The van der Waals surface area contributed by atoms with Gasteiger partial charge in [0.25, 0.3) is 0 Å². The zero-order valence-corrected chi connectivity index (χ0v) is 24.5. The van der Waals surface area contributed by atoms with Gasteiger partial charge in [0.15, 0.2) is 11.3 Å². The Kier molecular flexibility index (Phi) is 5.19. The van der Waals surface area contributed by atoms with Crippen LogP contribution in [0.2, 0.25) is 0 Å². The Bertz CT molecular complexity index is 2600. The highest BCUT2D eigenvalue weighted by atomic mass is 15.0. The van der Waals surface area contributed by atoms with Crippen molar-refractivity contribution >= 4 is 65.9 Å². The van der Waals surface area contributed by atoms with Crippen LogP contribution in [0.25, 0.3) is 88.4 Å². The van der Waals surface area contributed by atoms with Crippen LogP contribution in [-0.2, 0) is 0 Å². The van der Waals surface area contributed by atoms with Crippen molar-refractivity contribution in [3.8, 4) is 22.5 Å². The number of para-hydroxylation sites is 2. The molecule has 214 valence electrons. The van der Waals surface area contributed by atoms with Crippen LogP contribution < -0.4 is 0 Å². The summed E-state index contributed by atoms with van der Waals surface area (Å²) in [6.45, 7) is 0. The Morgan fingerprint density at radius 3 is 1.28 bits per heavy atom. The van der Waals surface area contributed by atoms with E-state index in [0.717, 1.165) is 88.4 Å². The summed E-state index contributed by atoms with van der Waals surface area (Å²) in [5, 5.41) is 4.29. The minimum atomic E-state index is 0.763. The number of rotatable bonds is 3. The molecule has 6 nitrogen and oxygen atoms in total. The van der Waals surface area contributed by atoms with Gasteiger partial charge < -0.3 is 9.13 Å². The molecule has 10 rings (SSSR count). The Morgan fingerprint density at radius 2 is 0.826 bits per heavy atom. The third-order valence-corrected chi connectivity index (χ3v) is 9.01. The molecular weight excluding hydrogens is 564 g/mol. The summed E-state index contributed by atoms with van der Waals surface area (Å²) in [6, 6.07) is 46.9.